The van der Waals surface area contributed by atoms with Crippen LogP contribution < -0.4 is 10.1 Å². The zero-order valence-electron chi connectivity index (χ0n) is 10.2. The van der Waals surface area contributed by atoms with Gasteiger partial charge in [0.1, 0.15) is 18.2 Å². The zero-order chi connectivity index (χ0) is 13.2. The summed E-state index contributed by atoms with van der Waals surface area (Å²) in [4.78, 5) is 11.2. The number of benzene rings is 2. The topological polar surface area (TPSA) is 38.3 Å². The number of hydrogen-bond acceptors (Lipinski definition) is 2. The molecule has 2 aromatic rings. The summed E-state index contributed by atoms with van der Waals surface area (Å²) in [5, 5.41) is 2.77. The minimum Gasteiger partial charge on any atom is -0.489 e. The van der Waals surface area contributed by atoms with Crippen LogP contribution >= 0.6 is 0 Å². The lowest BCUT2D eigenvalue weighted by Crippen LogP contribution is -2.03. The first-order valence-electron chi connectivity index (χ1n) is 6.01. The van der Waals surface area contributed by atoms with Crippen molar-refractivity contribution < 1.29 is 13.9 Å². The minimum absolute atomic E-state index is 0.00526. The molecule has 0 atom stereocenters. The molecular weight excluding hydrogens is 245 g/mol. The molecule has 19 heavy (non-hydrogen) atoms. The van der Waals surface area contributed by atoms with Gasteiger partial charge in [0.15, 0.2) is 0 Å². The standard InChI is InChI=1S/C15H12FNO2/c16-12-3-1-10(2-4-12)9-19-13-5-6-14-11(7-13)8-15(18)17-14/h1-7H,8-9H2,(H,17,18). The Labute approximate surface area is 110 Å². The van der Waals surface area contributed by atoms with E-state index in [0.717, 1.165) is 16.8 Å². The molecule has 1 aliphatic heterocycles. The fraction of sp³-hybridized carbons (Fsp3) is 0.133. The van der Waals surface area contributed by atoms with Crippen LogP contribution in [0, 0.1) is 5.82 Å². The molecule has 0 bridgehead atoms. The third-order valence-electron chi connectivity index (χ3n) is 3.02. The molecule has 0 aromatic heterocycles. The second-order valence-corrected chi connectivity index (χ2v) is 4.46. The number of fused-ring (bicyclic) bond motifs is 1. The number of halogens is 1. The van der Waals surface area contributed by atoms with Crippen molar-refractivity contribution in [3.8, 4) is 5.75 Å². The molecule has 2 aromatic carbocycles. The summed E-state index contributed by atoms with van der Waals surface area (Å²) in [7, 11) is 0. The van der Waals surface area contributed by atoms with Crippen molar-refractivity contribution in [3.05, 3.63) is 59.4 Å². The Morgan fingerprint density at radius 3 is 2.74 bits per heavy atom. The average molecular weight is 257 g/mol. The summed E-state index contributed by atoms with van der Waals surface area (Å²) in [5.41, 5.74) is 2.69. The van der Waals surface area contributed by atoms with Crippen LogP contribution in [0.1, 0.15) is 11.1 Å². The molecule has 1 N–H and O–H groups in total. The number of nitrogens with one attached hydrogen (secondary N) is 1. The lowest BCUT2D eigenvalue weighted by Gasteiger charge is -2.07. The Hall–Kier alpha value is -2.36. The molecule has 0 unspecified atom stereocenters. The molecule has 1 heterocycles. The highest BCUT2D eigenvalue weighted by Crippen LogP contribution is 2.27. The Balaban J connectivity index is 1.69. The Morgan fingerprint density at radius 2 is 1.95 bits per heavy atom. The van der Waals surface area contributed by atoms with Crippen LogP contribution in [0.3, 0.4) is 0 Å². The average Bonchev–Trinajstić information content (AvgIpc) is 2.77. The van der Waals surface area contributed by atoms with E-state index in [1.54, 1.807) is 12.1 Å². The first kappa shape index (κ1) is 11.7. The molecule has 1 amide bonds. The monoisotopic (exact) mass is 257 g/mol. The third kappa shape index (κ3) is 2.57. The van der Waals surface area contributed by atoms with Crippen LogP contribution in [0.2, 0.25) is 0 Å². The van der Waals surface area contributed by atoms with E-state index >= 15 is 0 Å². The van der Waals surface area contributed by atoms with Crippen molar-refractivity contribution in [2.75, 3.05) is 5.32 Å². The summed E-state index contributed by atoms with van der Waals surface area (Å²) in [6.45, 7) is 0.375. The van der Waals surface area contributed by atoms with Crippen molar-refractivity contribution in [1.82, 2.24) is 0 Å². The molecule has 0 fully saturated rings. The van der Waals surface area contributed by atoms with Gasteiger partial charge >= 0.3 is 0 Å². The fourth-order valence-electron chi connectivity index (χ4n) is 2.04. The van der Waals surface area contributed by atoms with E-state index in [4.69, 9.17) is 4.74 Å². The van der Waals surface area contributed by atoms with Crippen LogP contribution in [0.15, 0.2) is 42.5 Å². The molecule has 3 rings (SSSR count). The van der Waals surface area contributed by atoms with E-state index in [-0.39, 0.29) is 11.7 Å². The zero-order valence-corrected chi connectivity index (χ0v) is 10.2. The van der Waals surface area contributed by atoms with Gasteiger partial charge in [0.25, 0.3) is 0 Å². The molecule has 4 heteroatoms. The van der Waals surface area contributed by atoms with E-state index in [2.05, 4.69) is 5.32 Å². The van der Waals surface area contributed by atoms with E-state index in [9.17, 15) is 9.18 Å². The largest absolute Gasteiger partial charge is 0.489 e. The maximum absolute atomic E-state index is 12.8. The van der Waals surface area contributed by atoms with Gasteiger partial charge in [-0.15, -0.1) is 0 Å². The van der Waals surface area contributed by atoms with Gasteiger partial charge in [-0.25, -0.2) is 4.39 Å². The second-order valence-electron chi connectivity index (χ2n) is 4.46. The maximum Gasteiger partial charge on any atom is 0.228 e. The first-order valence-corrected chi connectivity index (χ1v) is 6.01. The van der Waals surface area contributed by atoms with E-state index in [1.807, 2.05) is 18.2 Å². The highest BCUT2D eigenvalue weighted by atomic mass is 19.1. The van der Waals surface area contributed by atoms with Crippen LogP contribution in [0.25, 0.3) is 0 Å². The van der Waals surface area contributed by atoms with E-state index < -0.39 is 0 Å². The number of rotatable bonds is 3. The number of ether oxygens (including phenoxy) is 1. The Bertz CT molecular complexity index is 623. The summed E-state index contributed by atoms with van der Waals surface area (Å²) < 4.78 is 18.4. The Kier molecular flexibility index (Phi) is 2.91. The summed E-state index contributed by atoms with van der Waals surface area (Å²) in [5.74, 6) is 0.455. The van der Waals surface area contributed by atoms with Crippen molar-refractivity contribution in [2.24, 2.45) is 0 Å². The molecule has 0 saturated heterocycles. The van der Waals surface area contributed by atoms with Gasteiger partial charge in [-0.05, 0) is 41.5 Å². The van der Waals surface area contributed by atoms with E-state index in [1.165, 1.54) is 12.1 Å². The normalized spacial score (nSPS) is 13.0. The number of amides is 1. The minimum atomic E-state index is -0.258. The van der Waals surface area contributed by atoms with Gasteiger partial charge in [0, 0.05) is 5.69 Å². The van der Waals surface area contributed by atoms with Crippen LogP contribution in [0.5, 0.6) is 5.75 Å². The molecule has 0 saturated carbocycles. The molecule has 0 spiro atoms. The lowest BCUT2D eigenvalue weighted by atomic mass is 10.1. The number of hydrogen-bond donors (Lipinski definition) is 1. The van der Waals surface area contributed by atoms with E-state index in [0.29, 0.717) is 18.8 Å². The molecule has 1 aliphatic rings. The lowest BCUT2D eigenvalue weighted by molar-refractivity contribution is -0.115. The highest BCUT2D eigenvalue weighted by molar-refractivity contribution is 5.99. The smallest absolute Gasteiger partial charge is 0.228 e. The molecule has 0 radical (unpaired) electrons. The van der Waals surface area contributed by atoms with Crippen molar-refractivity contribution in [2.45, 2.75) is 13.0 Å². The second kappa shape index (κ2) is 4.72. The summed E-state index contributed by atoms with van der Waals surface area (Å²) >= 11 is 0. The van der Waals surface area contributed by atoms with Gasteiger partial charge in [-0.3, -0.25) is 4.79 Å². The molecule has 0 aliphatic carbocycles. The number of carbonyl (C=O) groups excluding carboxylic acids is 1. The summed E-state index contributed by atoms with van der Waals surface area (Å²) in [6.07, 6.45) is 0.392. The number of anilines is 1. The molecular formula is C15H12FNO2. The van der Waals surface area contributed by atoms with Crippen molar-refractivity contribution in [1.29, 1.82) is 0 Å². The fourth-order valence-corrected chi connectivity index (χ4v) is 2.04. The van der Waals surface area contributed by atoms with Crippen LogP contribution in [-0.2, 0) is 17.8 Å². The third-order valence-corrected chi connectivity index (χ3v) is 3.02. The predicted molar refractivity (Wildman–Crippen MR) is 69.5 cm³/mol. The van der Waals surface area contributed by atoms with Gasteiger partial charge in [0.2, 0.25) is 5.91 Å². The Morgan fingerprint density at radius 1 is 1.16 bits per heavy atom. The van der Waals surface area contributed by atoms with Gasteiger partial charge in [-0.2, -0.15) is 0 Å². The van der Waals surface area contributed by atoms with Crippen LogP contribution in [-0.4, -0.2) is 5.91 Å². The SMILES string of the molecule is O=C1Cc2cc(OCc3ccc(F)cc3)ccc2N1. The molecule has 3 nitrogen and oxygen atoms in total. The quantitative estimate of drug-likeness (QED) is 0.918. The van der Waals surface area contributed by atoms with Gasteiger partial charge in [0.05, 0.1) is 6.42 Å². The maximum atomic E-state index is 12.8. The van der Waals surface area contributed by atoms with Crippen LogP contribution in [0.4, 0.5) is 10.1 Å². The van der Waals surface area contributed by atoms with Gasteiger partial charge < -0.3 is 10.1 Å². The highest BCUT2D eigenvalue weighted by Gasteiger charge is 2.17. The number of carbonyl (C=O) groups is 1. The first-order chi connectivity index (χ1) is 9.20. The van der Waals surface area contributed by atoms with Crippen molar-refractivity contribution >= 4 is 11.6 Å². The predicted octanol–water partition coefficient (Wildman–Crippen LogP) is 2.90. The molecule has 96 valence electrons. The summed E-state index contributed by atoms with van der Waals surface area (Å²) in [6, 6.07) is 11.7. The van der Waals surface area contributed by atoms with Gasteiger partial charge in [-0.1, -0.05) is 12.1 Å². The van der Waals surface area contributed by atoms with Crippen molar-refractivity contribution in [3.63, 3.8) is 0 Å².